The molecule has 0 aromatic heterocycles. The average molecular weight is 175 g/mol. The SMILES string of the molecule is [C]1=C/CCCCCC/C=C\C/C=C/1. The Morgan fingerprint density at radius 3 is 2.54 bits per heavy atom. The maximum absolute atomic E-state index is 3.18. The summed E-state index contributed by atoms with van der Waals surface area (Å²) in [5.41, 5.74) is 0. The van der Waals surface area contributed by atoms with Crippen molar-refractivity contribution in [3.63, 3.8) is 0 Å². The van der Waals surface area contributed by atoms with E-state index >= 15 is 0 Å². The van der Waals surface area contributed by atoms with Crippen LogP contribution in [0.3, 0.4) is 0 Å². The van der Waals surface area contributed by atoms with E-state index in [-0.39, 0.29) is 0 Å². The topological polar surface area (TPSA) is 0 Å². The minimum Gasteiger partial charge on any atom is -0.0882 e. The third kappa shape index (κ3) is 6.39. The van der Waals surface area contributed by atoms with Gasteiger partial charge in [0.2, 0.25) is 0 Å². The highest BCUT2D eigenvalue weighted by molar-refractivity contribution is 4.99. The highest BCUT2D eigenvalue weighted by Gasteiger charge is 1.87. The smallest absolute Gasteiger partial charge is 0.0166 e. The van der Waals surface area contributed by atoms with Crippen molar-refractivity contribution in [3.8, 4) is 0 Å². The van der Waals surface area contributed by atoms with E-state index in [0.717, 1.165) is 6.42 Å². The summed E-state index contributed by atoms with van der Waals surface area (Å²) in [7, 11) is 0. The Morgan fingerprint density at radius 2 is 1.62 bits per heavy atom. The van der Waals surface area contributed by atoms with E-state index < -0.39 is 0 Å². The fourth-order valence-corrected chi connectivity index (χ4v) is 1.44. The molecule has 0 aromatic rings. The lowest BCUT2D eigenvalue weighted by molar-refractivity contribution is 0.652. The van der Waals surface area contributed by atoms with Crippen molar-refractivity contribution >= 4 is 0 Å². The van der Waals surface area contributed by atoms with Crippen molar-refractivity contribution in [1.29, 1.82) is 0 Å². The van der Waals surface area contributed by atoms with Crippen molar-refractivity contribution in [3.05, 3.63) is 36.5 Å². The summed E-state index contributed by atoms with van der Waals surface area (Å²) in [6.07, 6.45) is 23.0. The zero-order valence-corrected chi connectivity index (χ0v) is 8.34. The van der Waals surface area contributed by atoms with Crippen molar-refractivity contribution in [2.45, 2.75) is 44.9 Å². The molecule has 0 saturated heterocycles. The van der Waals surface area contributed by atoms with Gasteiger partial charge in [0.25, 0.3) is 0 Å². The predicted octanol–water partition coefficient (Wildman–Crippen LogP) is 4.20. The van der Waals surface area contributed by atoms with Gasteiger partial charge >= 0.3 is 0 Å². The molecule has 1 aliphatic rings. The Labute approximate surface area is 82.0 Å². The Hall–Kier alpha value is -0.780. The molecule has 0 N–H and O–H groups in total. The van der Waals surface area contributed by atoms with E-state index in [1.165, 1.54) is 38.5 Å². The molecule has 0 saturated carbocycles. The van der Waals surface area contributed by atoms with Crippen LogP contribution < -0.4 is 0 Å². The molecule has 1 radical (unpaired) electrons. The second kappa shape index (κ2) is 7.85. The standard InChI is InChI=1S/C13H19/c1-2-4-6-8-10-12-13-11-9-7-5-3-1/h1-2,5,7,11H,3-4,6,8,10,12-13H2/b2-1-,7-5+,11-9?. The molecule has 13 heavy (non-hydrogen) atoms. The summed E-state index contributed by atoms with van der Waals surface area (Å²) in [5.74, 6) is 0. The van der Waals surface area contributed by atoms with Crippen molar-refractivity contribution in [2.24, 2.45) is 0 Å². The first-order chi connectivity index (χ1) is 6.50. The Bertz CT molecular complexity index is 184. The van der Waals surface area contributed by atoms with Crippen LogP contribution in [0.1, 0.15) is 44.9 Å². The molecule has 1 aliphatic carbocycles. The van der Waals surface area contributed by atoms with Crippen LogP contribution in [0.4, 0.5) is 0 Å². The lowest BCUT2D eigenvalue weighted by atomic mass is 10.1. The third-order valence-corrected chi connectivity index (χ3v) is 2.24. The first-order valence-corrected chi connectivity index (χ1v) is 5.38. The molecule has 0 aromatic carbocycles. The summed E-state index contributed by atoms with van der Waals surface area (Å²) in [4.78, 5) is 0. The minimum absolute atomic E-state index is 1.06. The molecule has 0 atom stereocenters. The highest BCUT2D eigenvalue weighted by Crippen LogP contribution is 2.07. The number of rotatable bonds is 0. The third-order valence-electron chi connectivity index (χ3n) is 2.24. The van der Waals surface area contributed by atoms with Crippen LogP contribution in [0, 0.1) is 6.08 Å². The molecule has 0 amide bonds. The van der Waals surface area contributed by atoms with E-state index in [4.69, 9.17) is 0 Å². The highest BCUT2D eigenvalue weighted by atomic mass is 13.9. The van der Waals surface area contributed by atoms with Crippen molar-refractivity contribution in [2.75, 3.05) is 0 Å². The second-order valence-corrected chi connectivity index (χ2v) is 3.47. The first-order valence-electron chi connectivity index (χ1n) is 5.38. The van der Waals surface area contributed by atoms with Crippen molar-refractivity contribution < 1.29 is 0 Å². The monoisotopic (exact) mass is 175 g/mol. The zero-order chi connectivity index (χ0) is 9.19. The maximum Gasteiger partial charge on any atom is -0.0166 e. The number of hydrogen-bond donors (Lipinski definition) is 0. The first kappa shape index (κ1) is 10.3. The predicted molar refractivity (Wildman–Crippen MR) is 58.4 cm³/mol. The van der Waals surface area contributed by atoms with E-state index in [0.29, 0.717) is 0 Å². The fraction of sp³-hybridized carbons (Fsp3) is 0.538. The lowest BCUT2D eigenvalue weighted by Crippen LogP contribution is -1.76. The van der Waals surface area contributed by atoms with Crippen LogP contribution in [0.5, 0.6) is 0 Å². The summed E-state index contributed by atoms with van der Waals surface area (Å²) in [6, 6.07) is 0. The van der Waals surface area contributed by atoms with Gasteiger partial charge in [-0.25, -0.2) is 0 Å². The van der Waals surface area contributed by atoms with Crippen LogP contribution in [-0.2, 0) is 0 Å². The maximum atomic E-state index is 3.18. The van der Waals surface area contributed by atoms with Gasteiger partial charge in [0.05, 0.1) is 0 Å². The largest absolute Gasteiger partial charge is 0.0882 e. The molecular weight excluding hydrogens is 156 g/mol. The molecule has 0 spiro atoms. The molecule has 71 valence electrons. The molecule has 0 heterocycles. The van der Waals surface area contributed by atoms with Crippen LogP contribution in [-0.4, -0.2) is 0 Å². The summed E-state index contributed by atoms with van der Waals surface area (Å²) in [5, 5.41) is 0. The van der Waals surface area contributed by atoms with E-state index in [1.807, 2.05) is 6.08 Å². The van der Waals surface area contributed by atoms with Gasteiger partial charge in [0, 0.05) is 0 Å². The average Bonchev–Trinajstić information content (AvgIpc) is 2.18. The van der Waals surface area contributed by atoms with Crippen molar-refractivity contribution in [1.82, 2.24) is 0 Å². The quantitative estimate of drug-likeness (QED) is 0.484. The Morgan fingerprint density at radius 1 is 0.769 bits per heavy atom. The Balaban J connectivity index is 2.29. The van der Waals surface area contributed by atoms with E-state index in [9.17, 15) is 0 Å². The molecule has 0 unspecified atom stereocenters. The van der Waals surface area contributed by atoms with Gasteiger partial charge in [-0.1, -0.05) is 43.2 Å². The summed E-state index contributed by atoms with van der Waals surface area (Å²) >= 11 is 0. The van der Waals surface area contributed by atoms with Gasteiger partial charge in [-0.3, -0.25) is 0 Å². The molecular formula is C13H19. The van der Waals surface area contributed by atoms with E-state index in [2.05, 4.69) is 30.4 Å². The number of hydrogen-bond acceptors (Lipinski definition) is 0. The number of allylic oxidation sites excluding steroid dienone is 6. The molecule has 0 bridgehead atoms. The molecule has 0 nitrogen and oxygen atoms in total. The molecule has 0 aliphatic heterocycles. The van der Waals surface area contributed by atoms with Gasteiger partial charge in [0.1, 0.15) is 0 Å². The molecule has 0 heteroatoms. The van der Waals surface area contributed by atoms with E-state index in [1.54, 1.807) is 0 Å². The molecule has 1 rings (SSSR count). The van der Waals surface area contributed by atoms with Gasteiger partial charge in [0.15, 0.2) is 0 Å². The second-order valence-electron chi connectivity index (χ2n) is 3.47. The summed E-state index contributed by atoms with van der Waals surface area (Å²) in [6.45, 7) is 0. The normalized spacial score (nSPS) is 27.7. The van der Waals surface area contributed by atoms with Crippen LogP contribution >= 0.6 is 0 Å². The van der Waals surface area contributed by atoms with Crippen LogP contribution in [0.15, 0.2) is 30.4 Å². The van der Waals surface area contributed by atoms with Gasteiger partial charge in [-0.05, 0) is 38.2 Å². The van der Waals surface area contributed by atoms with Crippen LogP contribution in [0.2, 0.25) is 0 Å². The Kier molecular flexibility index (Phi) is 6.22. The molecule has 0 fully saturated rings. The van der Waals surface area contributed by atoms with Gasteiger partial charge in [-0.2, -0.15) is 0 Å². The van der Waals surface area contributed by atoms with Crippen LogP contribution in [0.25, 0.3) is 0 Å². The summed E-state index contributed by atoms with van der Waals surface area (Å²) < 4.78 is 0. The van der Waals surface area contributed by atoms with Gasteiger partial charge in [-0.15, -0.1) is 0 Å². The zero-order valence-electron chi connectivity index (χ0n) is 8.34. The van der Waals surface area contributed by atoms with Gasteiger partial charge < -0.3 is 0 Å². The minimum atomic E-state index is 1.06. The fourth-order valence-electron chi connectivity index (χ4n) is 1.44. The lowest BCUT2D eigenvalue weighted by Gasteiger charge is -1.95.